The van der Waals surface area contributed by atoms with Crippen LogP contribution in [0.5, 0.6) is 0 Å². The van der Waals surface area contributed by atoms with Crippen molar-refractivity contribution < 1.29 is 9.53 Å². The fourth-order valence-electron chi connectivity index (χ4n) is 2.16. The Morgan fingerprint density at radius 2 is 2.05 bits per heavy atom. The summed E-state index contributed by atoms with van der Waals surface area (Å²) >= 11 is 0. The number of piperidine rings is 1. The van der Waals surface area contributed by atoms with Gasteiger partial charge >= 0.3 is 6.09 Å². The van der Waals surface area contributed by atoms with Gasteiger partial charge < -0.3 is 10.1 Å². The predicted octanol–water partition coefficient (Wildman–Crippen LogP) is 1.63. The maximum Gasteiger partial charge on any atom is 0.414 e. The second kappa shape index (κ2) is 5.78. The zero-order valence-corrected chi connectivity index (χ0v) is 12.6. The van der Waals surface area contributed by atoms with E-state index in [9.17, 15) is 4.79 Å². The van der Waals surface area contributed by atoms with Gasteiger partial charge in [-0.05, 0) is 46.7 Å². The van der Waals surface area contributed by atoms with Gasteiger partial charge in [0.25, 0.3) is 0 Å². The number of nitrogens with one attached hydrogen (secondary N) is 2. The summed E-state index contributed by atoms with van der Waals surface area (Å²) in [7, 11) is 1.77. The first-order valence-corrected chi connectivity index (χ1v) is 6.97. The maximum atomic E-state index is 11.7. The van der Waals surface area contributed by atoms with Crippen molar-refractivity contribution in [3.63, 3.8) is 0 Å². The average Bonchev–Trinajstić information content (AvgIpc) is 2.70. The maximum absolute atomic E-state index is 11.7. The number of rotatable bonds is 2. The van der Waals surface area contributed by atoms with Gasteiger partial charge in [0.2, 0.25) is 5.95 Å². The quantitative estimate of drug-likeness (QED) is 0.861. The number of ether oxygens (including phenoxy) is 1. The van der Waals surface area contributed by atoms with Gasteiger partial charge in [0.15, 0.2) is 5.82 Å². The molecular weight excluding hydrogens is 258 g/mol. The molecule has 0 aliphatic carbocycles. The van der Waals surface area contributed by atoms with E-state index in [1.54, 1.807) is 11.7 Å². The molecule has 1 fully saturated rings. The molecule has 7 nitrogen and oxygen atoms in total. The fraction of sp³-hybridized carbons (Fsp3) is 0.769. The van der Waals surface area contributed by atoms with E-state index >= 15 is 0 Å². The summed E-state index contributed by atoms with van der Waals surface area (Å²) in [6, 6.07) is 0. The lowest BCUT2D eigenvalue weighted by atomic mass is 9.98. The number of aromatic nitrogens is 3. The van der Waals surface area contributed by atoms with Crippen molar-refractivity contribution in [1.29, 1.82) is 0 Å². The minimum Gasteiger partial charge on any atom is -0.444 e. The molecule has 112 valence electrons. The van der Waals surface area contributed by atoms with Gasteiger partial charge in [0.05, 0.1) is 0 Å². The van der Waals surface area contributed by atoms with Gasteiger partial charge in [-0.2, -0.15) is 10.1 Å². The van der Waals surface area contributed by atoms with E-state index in [1.807, 2.05) is 20.8 Å². The van der Waals surface area contributed by atoms with Crippen LogP contribution in [-0.2, 0) is 11.8 Å². The predicted molar refractivity (Wildman–Crippen MR) is 75.7 cm³/mol. The molecule has 0 aromatic carbocycles. The molecule has 2 N–H and O–H groups in total. The highest BCUT2D eigenvalue weighted by Crippen LogP contribution is 2.23. The number of carbonyl (C=O) groups is 1. The first-order chi connectivity index (χ1) is 9.35. The van der Waals surface area contributed by atoms with E-state index in [2.05, 4.69) is 20.7 Å². The summed E-state index contributed by atoms with van der Waals surface area (Å²) in [5.74, 6) is 1.57. The highest BCUT2D eigenvalue weighted by atomic mass is 16.6. The van der Waals surface area contributed by atoms with Gasteiger partial charge in [-0.3, -0.25) is 5.32 Å². The third-order valence-corrected chi connectivity index (χ3v) is 3.10. The molecule has 0 saturated carbocycles. The summed E-state index contributed by atoms with van der Waals surface area (Å²) in [6.45, 7) is 7.44. The number of anilines is 1. The van der Waals surface area contributed by atoms with Gasteiger partial charge in [0.1, 0.15) is 5.60 Å². The highest BCUT2D eigenvalue weighted by molar-refractivity contribution is 5.82. The van der Waals surface area contributed by atoms with Gasteiger partial charge in [0, 0.05) is 13.0 Å². The normalized spacial score (nSPS) is 17.0. The Morgan fingerprint density at radius 3 is 2.65 bits per heavy atom. The molecule has 2 heterocycles. The zero-order valence-electron chi connectivity index (χ0n) is 12.6. The Morgan fingerprint density at radius 1 is 1.40 bits per heavy atom. The molecule has 1 saturated heterocycles. The zero-order chi connectivity index (χ0) is 14.8. The van der Waals surface area contributed by atoms with Crippen LogP contribution in [0, 0.1) is 0 Å². The SMILES string of the molecule is Cn1nc(C2CCNCC2)nc1NC(=O)OC(C)(C)C. The molecule has 1 aliphatic heterocycles. The third-order valence-electron chi connectivity index (χ3n) is 3.10. The number of amides is 1. The molecule has 1 aromatic rings. The van der Waals surface area contributed by atoms with Gasteiger partial charge in [-0.1, -0.05) is 0 Å². The molecule has 20 heavy (non-hydrogen) atoms. The molecule has 0 bridgehead atoms. The van der Waals surface area contributed by atoms with Crippen molar-refractivity contribution in [1.82, 2.24) is 20.1 Å². The smallest absolute Gasteiger partial charge is 0.414 e. The number of carbonyl (C=O) groups excluding carboxylic acids is 1. The van der Waals surface area contributed by atoms with Crippen LogP contribution in [0.3, 0.4) is 0 Å². The largest absolute Gasteiger partial charge is 0.444 e. The number of aryl methyl sites for hydroxylation is 1. The number of nitrogens with zero attached hydrogens (tertiary/aromatic N) is 3. The molecule has 0 unspecified atom stereocenters. The van der Waals surface area contributed by atoms with Crippen LogP contribution in [0.2, 0.25) is 0 Å². The van der Waals surface area contributed by atoms with E-state index in [0.29, 0.717) is 11.9 Å². The summed E-state index contributed by atoms with van der Waals surface area (Å²) < 4.78 is 6.79. The van der Waals surface area contributed by atoms with Crippen molar-refractivity contribution in [3.8, 4) is 0 Å². The summed E-state index contributed by atoms with van der Waals surface area (Å²) in [5, 5.41) is 10.3. The minimum absolute atomic E-state index is 0.358. The standard InChI is InChI=1S/C13H23N5O2/c1-13(2,3)20-12(19)16-11-15-10(17-18(11)4)9-5-7-14-8-6-9/h9,14H,5-8H2,1-4H3,(H,15,16,17,19). The second-order valence-electron chi connectivity index (χ2n) is 6.07. The van der Waals surface area contributed by atoms with Crippen LogP contribution < -0.4 is 10.6 Å². The molecule has 0 spiro atoms. The Balaban J connectivity index is 2.02. The minimum atomic E-state index is -0.527. The van der Waals surface area contributed by atoms with Crippen LogP contribution in [0.4, 0.5) is 10.7 Å². The first-order valence-electron chi connectivity index (χ1n) is 6.97. The van der Waals surface area contributed by atoms with Crippen LogP contribution in [0.1, 0.15) is 45.4 Å². The second-order valence-corrected chi connectivity index (χ2v) is 6.07. The van der Waals surface area contributed by atoms with Gasteiger partial charge in [-0.15, -0.1) is 0 Å². The van der Waals surface area contributed by atoms with Gasteiger partial charge in [-0.25, -0.2) is 9.48 Å². The van der Waals surface area contributed by atoms with Crippen LogP contribution in [0.15, 0.2) is 0 Å². The van der Waals surface area contributed by atoms with Crippen molar-refractivity contribution in [2.45, 2.75) is 45.1 Å². The lowest BCUT2D eigenvalue weighted by Gasteiger charge is -2.19. The number of hydrogen-bond acceptors (Lipinski definition) is 5. The first kappa shape index (κ1) is 14.8. The van der Waals surface area contributed by atoms with E-state index in [4.69, 9.17) is 4.74 Å². The Labute approximate surface area is 119 Å². The molecule has 1 aliphatic rings. The molecule has 1 amide bonds. The monoisotopic (exact) mass is 281 g/mol. The molecule has 0 atom stereocenters. The molecule has 2 rings (SSSR count). The van der Waals surface area contributed by atoms with E-state index in [-0.39, 0.29) is 0 Å². The summed E-state index contributed by atoms with van der Waals surface area (Å²) in [4.78, 5) is 16.2. The van der Waals surface area contributed by atoms with Crippen LogP contribution in [0.25, 0.3) is 0 Å². The third kappa shape index (κ3) is 3.93. The molecule has 1 aromatic heterocycles. The summed E-state index contributed by atoms with van der Waals surface area (Å²) in [5.41, 5.74) is -0.527. The Kier molecular flexibility index (Phi) is 4.27. The van der Waals surface area contributed by atoms with E-state index in [1.165, 1.54) is 0 Å². The Hall–Kier alpha value is -1.63. The van der Waals surface area contributed by atoms with E-state index in [0.717, 1.165) is 31.8 Å². The van der Waals surface area contributed by atoms with Crippen molar-refractivity contribution in [2.75, 3.05) is 18.4 Å². The highest BCUT2D eigenvalue weighted by Gasteiger charge is 2.22. The fourth-order valence-corrected chi connectivity index (χ4v) is 2.16. The topological polar surface area (TPSA) is 81.1 Å². The van der Waals surface area contributed by atoms with Crippen LogP contribution >= 0.6 is 0 Å². The lowest BCUT2D eigenvalue weighted by Crippen LogP contribution is -2.28. The lowest BCUT2D eigenvalue weighted by molar-refractivity contribution is 0.0634. The molecular formula is C13H23N5O2. The summed E-state index contributed by atoms with van der Waals surface area (Å²) in [6.07, 6.45) is 1.54. The number of hydrogen-bond donors (Lipinski definition) is 2. The van der Waals surface area contributed by atoms with Crippen LogP contribution in [-0.4, -0.2) is 39.5 Å². The average molecular weight is 281 g/mol. The molecule has 7 heteroatoms. The Bertz CT molecular complexity index is 472. The van der Waals surface area contributed by atoms with Crippen molar-refractivity contribution in [3.05, 3.63) is 5.82 Å². The van der Waals surface area contributed by atoms with E-state index < -0.39 is 11.7 Å². The molecule has 0 radical (unpaired) electrons. The van der Waals surface area contributed by atoms with Crippen molar-refractivity contribution >= 4 is 12.0 Å². The van der Waals surface area contributed by atoms with Crippen molar-refractivity contribution in [2.24, 2.45) is 7.05 Å².